The van der Waals surface area contributed by atoms with E-state index in [1.807, 2.05) is 6.92 Å². The Kier molecular flexibility index (Phi) is 8.45. The van der Waals surface area contributed by atoms with Gasteiger partial charge in [-0.3, -0.25) is 10.1 Å². The average molecular weight is 387 g/mol. The number of nitrogens with one attached hydrogen (secondary N) is 1. The van der Waals surface area contributed by atoms with E-state index in [4.69, 9.17) is 14.6 Å². The molecule has 0 radical (unpaired) electrons. The molecule has 150 valence electrons. The number of alkyl carbamates (subject to hydrolysis) is 1. The van der Waals surface area contributed by atoms with Crippen LogP contribution in [-0.4, -0.2) is 42.0 Å². The number of amides is 2. The van der Waals surface area contributed by atoms with Crippen LogP contribution >= 0.6 is 0 Å². The smallest absolute Gasteiger partial charge is 0.414 e. The maximum Gasteiger partial charge on any atom is 0.414 e. The molecule has 0 saturated carbocycles. The van der Waals surface area contributed by atoms with E-state index in [0.29, 0.717) is 23.3 Å². The third kappa shape index (κ3) is 6.07. The van der Waals surface area contributed by atoms with Crippen LogP contribution in [0.3, 0.4) is 0 Å². The number of aliphatic hydroxyl groups excluding tert-OH is 2. The second-order valence-corrected chi connectivity index (χ2v) is 6.25. The minimum absolute atomic E-state index is 0.0781. The van der Waals surface area contributed by atoms with E-state index in [1.165, 1.54) is 0 Å². The maximum atomic E-state index is 12.3. The standard InChI is InChI=1S/C21H25NO6/c1-15(11-12-23)19(17-9-5-6-10-18(17)27-14-13-24)28-21(26)22-20(25)16-7-3-2-4-8-16/h2-10,15,19,23-24H,11-14H2,1H3,(H,22,25,26)/t15-,19+/m0/s1. The first-order valence-corrected chi connectivity index (χ1v) is 9.07. The highest BCUT2D eigenvalue weighted by atomic mass is 16.6. The molecule has 0 saturated heterocycles. The van der Waals surface area contributed by atoms with E-state index in [9.17, 15) is 14.7 Å². The van der Waals surface area contributed by atoms with E-state index in [-0.39, 0.29) is 25.7 Å². The van der Waals surface area contributed by atoms with Crippen molar-refractivity contribution in [2.75, 3.05) is 19.8 Å². The molecule has 0 aromatic heterocycles. The van der Waals surface area contributed by atoms with Gasteiger partial charge < -0.3 is 19.7 Å². The summed E-state index contributed by atoms with van der Waals surface area (Å²) < 4.78 is 11.1. The topological polar surface area (TPSA) is 105 Å². The van der Waals surface area contributed by atoms with Crippen LogP contribution in [0.5, 0.6) is 5.75 Å². The molecule has 28 heavy (non-hydrogen) atoms. The van der Waals surface area contributed by atoms with Gasteiger partial charge in [-0.05, 0) is 30.5 Å². The fourth-order valence-electron chi connectivity index (χ4n) is 2.74. The van der Waals surface area contributed by atoms with Crippen LogP contribution in [0.1, 0.15) is 35.4 Å². The van der Waals surface area contributed by atoms with Crippen molar-refractivity contribution in [3.8, 4) is 5.75 Å². The van der Waals surface area contributed by atoms with E-state index < -0.39 is 18.1 Å². The second-order valence-electron chi connectivity index (χ2n) is 6.25. The molecule has 0 aliphatic rings. The van der Waals surface area contributed by atoms with Gasteiger partial charge in [0.25, 0.3) is 5.91 Å². The van der Waals surface area contributed by atoms with Crippen molar-refractivity contribution < 1.29 is 29.3 Å². The van der Waals surface area contributed by atoms with E-state index in [2.05, 4.69) is 5.32 Å². The monoisotopic (exact) mass is 387 g/mol. The molecule has 0 bridgehead atoms. The number of aliphatic hydroxyl groups is 2. The number of para-hydroxylation sites is 1. The zero-order valence-electron chi connectivity index (χ0n) is 15.7. The molecule has 2 aromatic rings. The van der Waals surface area contributed by atoms with Crippen molar-refractivity contribution in [3.63, 3.8) is 0 Å². The first-order chi connectivity index (χ1) is 13.6. The Hall–Kier alpha value is -2.90. The highest BCUT2D eigenvalue weighted by Crippen LogP contribution is 2.34. The van der Waals surface area contributed by atoms with Crippen molar-refractivity contribution in [1.82, 2.24) is 5.32 Å². The number of hydrogen-bond donors (Lipinski definition) is 3. The summed E-state index contributed by atoms with van der Waals surface area (Å²) in [5.74, 6) is -0.334. The molecule has 0 heterocycles. The molecule has 2 aromatic carbocycles. The predicted molar refractivity (Wildman–Crippen MR) is 103 cm³/mol. The van der Waals surface area contributed by atoms with Gasteiger partial charge in [-0.1, -0.05) is 43.3 Å². The lowest BCUT2D eigenvalue weighted by Gasteiger charge is -2.26. The first kappa shape index (κ1) is 21.4. The number of imide groups is 1. The number of hydrogen-bond acceptors (Lipinski definition) is 6. The van der Waals surface area contributed by atoms with E-state index >= 15 is 0 Å². The van der Waals surface area contributed by atoms with Crippen LogP contribution in [0.25, 0.3) is 0 Å². The van der Waals surface area contributed by atoms with Crippen molar-refractivity contribution in [1.29, 1.82) is 0 Å². The van der Waals surface area contributed by atoms with Gasteiger partial charge in [0.2, 0.25) is 0 Å². The molecule has 2 rings (SSSR count). The summed E-state index contributed by atoms with van der Waals surface area (Å²) in [6.45, 7) is 1.69. The number of benzene rings is 2. The maximum absolute atomic E-state index is 12.3. The Balaban J connectivity index is 2.17. The van der Waals surface area contributed by atoms with Crippen LogP contribution in [0.4, 0.5) is 4.79 Å². The highest BCUT2D eigenvalue weighted by molar-refractivity contribution is 6.02. The molecular weight excluding hydrogens is 362 g/mol. The van der Waals surface area contributed by atoms with Gasteiger partial charge in [0, 0.05) is 17.7 Å². The number of ether oxygens (including phenoxy) is 2. The molecule has 0 spiro atoms. The van der Waals surface area contributed by atoms with Gasteiger partial charge >= 0.3 is 6.09 Å². The van der Waals surface area contributed by atoms with Crippen LogP contribution in [0.2, 0.25) is 0 Å². The normalized spacial score (nSPS) is 12.7. The van der Waals surface area contributed by atoms with Crippen molar-refractivity contribution in [2.24, 2.45) is 5.92 Å². The predicted octanol–water partition coefficient (Wildman–Crippen LogP) is 2.68. The van der Waals surface area contributed by atoms with Crippen LogP contribution in [-0.2, 0) is 4.74 Å². The van der Waals surface area contributed by atoms with E-state index in [0.717, 1.165) is 0 Å². The molecule has 0 aliphatic heterocycles. The molecule has 3 N–H and O–H groups in total. The minimum Gasteiger partial charge on any atom is -0.491 e. The lowest BCUT2D eigenvalue weighted by Crippen LogP contribution is -2.33. The summed E-state index contributed by atoms with van der Waals surface area (Å²) >= 11 is 0. The van der Waals surface area contributed by atoms with Crippen molar-refractivity contribution >= 4 is 12.0 Å². The van der Waals surface area contributed by atoms with Gasteiger partial charge in [-0.25, -0.2) is 4.79 Å². The minimum atomic E-state index is -0.888. The average Bonchev–Trinajstić information content (AvgIpc) is 2.71. The van der Waals surface area contributed by atoms with Gasteiger partial charge in [0.1, 0.15) is 18.5 Å². The third-order valence-corrected chi connectivity index (χ3v) is 4.16. The summed E-state index contributed by atoms with van der Waals surface area (Å²) in [6, 6.07) is 15.3. The molecule has 0 aliphatic carbocycles. The summed E-state index contributed by atoms with van der Waals surface area (Å²) in [6.07, 6.45) is -1.25. The highest BCUT2D eigenvalue weighted by Gasteiger charge is 2.27. The molecule has 7 nitrogen and oxygen atoms in total. The first-order valence-electron chi connectivity index (χ1n) is 9.07. The molecule has 7 heteroatoms. The molecule has 0 unspecified atom stereocenters. The van der Waals surface area contributed by atoms with Gasteiger partial charge in [-0.2, -0.15) is 0 Å². The van der Waals surface area contributed by atoms with Gasteiger partial charge in [-0.15, -0.1) is 0 Å². The number of carbonyl (C=O) groups is 2. The molecule has 0 fully saturated rings. The lowest BCUT2D eigenvalue weighted by molar-refractivity contribution is 0.0525. The van der Waals surface area contributed by atoms with Crippen LogP contribution in [0, 0.1) is 5.92 Å². The fraction of sp³-hybridized carbons (Fsp3) is 0.333. The Labute approximate surface area is 163 Å². The van der Waals surface area contributed by atoms with Crippen LogP contribution < -0.4 is 10.1 Å². The fourth-order valence-corrected chi connectivity index (χ4v) is 2.74. The lowest BCUT2D eigenvalue weighted by atomic mass is 9.94. The molecule has 2 atom stereocenters. The molecule has 2 amide bonds. The summed E-state index contributed by atoms with van der Waals surface area (Å²) in [5.41, 5.74) is 0.935. The number of rotatable bonds is 9. The second kappa shape index (κ2) is 11.1. The molecular formula is C21H25NO6. The Morgan fingerprint density at radius 2 is 1.68 bits per heavy atom. The zero-order valence-corrected chi connectivity index (χ0v) is 15.7. The van der Waals surface area contributed by atoms with Crippen molar-refractivity contribution in [3.05, 3.63) is 65.7 Å². The van der Waals surface area contributed by atoms with Crippen molar-refractivity contribution in [2.45, 2.75) is 19.4 Å². The Morgan fingerprint density at radius 3 is 2.36 bits per heavy atom. The zero-order chi connectivity index (χ0) is 20.4. The van der Waals surface area contributed by atoms with Gasteiger partial charge in [0.05, 0.1) is 6.61 Å². The Bertz CT molecular complexity index is 765. The van der Waals surface area contributed by atoms with E-state index in [1.54, 1.807) is 54.6 Å². The third-order valence-electron chi connectivity index (χ3n) is 4.16. The largest absolute Gasteiger partial charge is 0.491 e. The van der Waals surface area contributed by atoms with Crippen LogP contribution in [0.15, 0.2) is 54.6 Å². The summed E-state index contributed by atoms with van der Waals surface area (Å²) in [5, 5.41) is 20.5. The number of carbonyl (C=O) groups excluding carboxylic acids is 2. The van der Waals surface area contributed by atoms with Gasteiger partial charge in [0.15, 0.2) is 0 Å². The SMILES string of the molecule is C[C@@H](CCO)[C@@H](OC(=O)NC(=O)c1ccccc1)c1ccccc1OCCO. The quantitative estimate of drug-likeness (QED) is 0.611. The Morgan fingerprint density at radius 1 is 1.00 bits per heavy atom. The summed E-state index contributed by atoms with van der Waals surface area (Å²) in [4.78, 5) is 24.5. The summed E-state index contributed by atoms with van der Waals surface area (Å²) in [7, 11) is 0.